The molecule has 1 aromatic carbocycles. The van der Waals surface area contributed by atoms with Crippen molar-refractivity contribution in [2.75, 3.05) is 18.9 Å². The molecule has 0 saturated heterocycles. The van der Waals surface area contributed by atoms with Gasteiger partial charge in [0.2, 0.25) is 5.91 Å². The molecule has 0 unspecified atom stereocenters. The first-order valence-electron chi connectivity index (χ1n) is 5.30. The number of para-hydroxylation sites is 1. The van der Waals surface area contributed by atoms with Gasteiger partial charge in [-0.1, -0.05) is 31.5 Å². The van der Waals surface area contributed by atoms with E-state index in [1.54, 1.807) is 7.05 Å². The molecule has 0 spiro atoms. The second-order valence-electron chi connectivity index (χ2n) is 3.49. The molecule has 90 valence electrons. The van der Waals surface area contributed by atoms with Gasteiger partial charge in [0.25, 0.3) is 0 Å². The van der Waals surface area contributed by atoms with Crippen molar-refractivity contribution >= 4 is 24.0 Å². The Labute approximate surface area is 103 Å². The van der Waals surface area contributed by atoms with Crippen LogP contribution in [0.25, 0.3) is 0 Å². The number of rotatable bonds is 5. The molecule has 0 aliphatic rings. The molecule has 2 N–H and O–H groups in total. The predicted molar refractivity (Wildman–Crippen MR) is 70.2 cm³/mol. The highest BCUT2D eigenvalue weighted by molar-refractivity contribution is 5.92. The number of hydrogen-bond donors (Lipinski definition) is 2. The number of hydrogen-bond acceptors (Lipinski definition) is 2. The van der Waals surface area contributed by atoms with Gasteiger partial charge in [0, 0.05) is 5.69 Å². The Hall–Kier alpha value is -1.06. The Morgan fingerprint density at radius 2 is 2.00 bits per heavy atom. The maximum atomic E-state index is 11.4. The zero-order valence-electron chi connectivity index (χ0n) is 9.75. The van der Waals surface area contributed by atoms with E-state index in [0.29, 0.717) is 6.54 Å². The molecule has 0 fully saturated rings. The standard InChI is InChI=1S/C12H18N2O.ClH/c1-3-6-10-7-4-5-8-11(10)14-12(15)9-13-2;/h4-5,7-8,13H,3,6,9H2,1-2H3,(H,14,15);1H. The van der Waals surface area contributed by atoms with Crippen LogP contribution in [0.4, 0.5) is 5.69 Å². The third kappa shape index (κ3) is 4.64. The molecular formula is C12H19ClN2O. The van der Waals surface area contributed by atoms with Crippen LogP contribution in [0.1, 0.15) is 18.9 Å². The number of benzene rings is 1. The lowest BCUT2D eigenvalue weighted by Gasteiger charge is -2.09. The largest absolute Gasteiger partial charge is 0.325 e. The van der Waals surface area contributed by atoms with Crippen LogP contribution in [-0.4, -0.2) is 19.5 Å². The normalized spacial score (nSPS) is 9.38. The lowest BCUT2D eigenvalue weighted by molar-refractivity contribution is -0.115. The molecule has 0 saturated carbocycles. The maximum Gasteiger partial charge on any atom is 0.238 e. The number of anilines is 1. The monoisotopic (exact) mass is 242 g/mol. The highest BCUT2D eigenvalue weighted by atomic mass is 35.5. The Kier molecular flexibility index (Phi) is 7.60. The third-order valence-corrected chi connectivity index (χ3v) is 2.15. The molecular weight excluding hydrogens is 224 g/mol. The first kappa shape index (κ1) is 14.9. The van der Waals surface area contributed by atoms with E-state index in [0.717, 1.165) is 18.5 Å². The van der Waals surface area contributed by atoms with E-state index in [2.05, 4.69) is 23.6 Å². The zero-order chi connectivity index (χ0) is 11.1. The minimum absolute atomic E-state index is 0. The van der Waals surface area contributed by atoms with Gasteiger partial charge in [0.1, 0.15) is 0 Å². The number of nitrogens with one attached hydrogen (secondary N) is 2. The van der Waals surface area contributed by atoms with Gasteiger partial charge in [-0.15, -0.1) is 12.4 Å². The molecule has 16 heavy (non-hydrogen) atoms. The number of amides is 1. The molecule has 0 aliphatic heterocycles. The van der Waals surface area contributed by atoms with Crippen LogP contribution in [0.3, 0.4) is 0 Å². The van der Waals surface area contributed by atoms with Crippen LogP contribution in [0.2, 0.25) is 0 Å². The van der Waals surface area contributed by atoms with Gasteiger partial charge in [-0.2, -0.15) is 0 Å². The second kappa shape index (κ2) is 8.13. The first-order valence-corrected chi connectivity index (χ1v) is 5.30. The van der Waals surface area contributed by atoms with Gasteiger partial charge < -0.3 is 10.6 Å². The van der Waals surface area contributed by atoms with E-state index in [1.165, 1.54) is 5.56 Å². The highest BCUT2D eigenvalue weighted by Gasteiger charge is 2.04. The smallest absolute Gasteiger partial charge is 0.238 e. The van der Waals surface area contributed by atoms with Crippen LogP contribution in [0.5, 0.6) is 0 Å². The average Bonchev–Trinajstić information content (AvgIpc) is 2.21. The Morgan fingerprint density at radius 3 is 2.62 bits per heavy atom. The number of carbonyl (C=O) groups excluding carboxylic acids is 1. The van der Waals surface area contributed by atoms with Crippen molar-refractivity contribution < 1.29 is 4.79 Å². The summed E-state index contributed by atoms with van der Waals surface area (Å²) < 4.78 is 0. The Bertz CT molecular complexity index is 329. The van der Waals surface area contributed by atoms with Gasteiger partial charge in [-0.25, -0.2) is 0 Å². The molecule has 0 bridgehead atoms. The summed E-state index contributed by atoms with van der Waals surface area (Å²) in [6.07, 6.45) is 2.08. The number of halogens is 1. The molecule has 3 nitrogen and oxygen atoms in total. The third-order valence-electron chi connectivity index (χ3n) is 2.15. The van der Waals surface area contributed by atoms with Crippen LogP contribution >= 0.6 is 12.4 Å². The number of aryl methyl sites for hydroxylation is 1. The van der Waals surface area contributed by atoms with Gasteiger partial charge in [0.05, 0.1) is 6.54 Å². The topological polar surface area (TPSA) is 41.1 Å². The lowest BCUT2D eigenvalue weighted by atomic mass is 10.1. The molecule has 0 heterocycles. The summed E-state index contributed by atoms with van der Waals surface area (Å²) in [5.74, 6) is 0.000975. The molecule has 1 rings (SSSR count). The van der Waals surface area contributed by atoms with E-state index < -0.39 is 0 Å². The van der Waals surface area contributed by atoms with Crippen LogP contribution in [0, 0.1) is 0 Å². The summed E-state index contributed by atoms with van der Waals surface area (Å²) in [6.45, 7) is 2.48. The van der Waals surface area contributed by atoms with Crippen molar-refractivity contribution in [2.24, 2.45) is 0 Å². The van der Waals surface area contributed by atoms with E-state index >= 15 is 0 Å². The van der Waals surface area contributed by atoms with Crippen molar-refractivity contribution in [3.05, 3.63) is 29.8 Å². The molecule has 0 atom stereocenters. The van der Waals surface area contributed by atoms with Crippen molar-refractivity contribution in [3.63, 3.8) is 0 Å². The summed E-state index contributed by atoms with van der Waals surface area (Å²) in [5, 5.41) is 5.72. The summed E-state index contributed by atoms with van der Waals surface area (Å²) in [6, 6.07) is 7.93. The maximum absolute atomic E-state index is 11.4. The zero-order valence-corrected chi connectivity index (χ0v) is 10.6. The van der Waals surface area contributed by atoms with Crippen molar-refractivity contribution in [1.29, 1.82) is 0 Å². The van der Waals surface area contributed by atoms with Crippen LogP contribution < -0.4 is 10.6 Å². The molecule has 0 aliphatic carbocycles. The fourth-order valence-electron chi connectivity index (χ4n) is 1.48. The lowest BCUT2D eigenvalue weighted by Crippen LogP contribution is -2.25. The summed E-state index contributed by atoms with van der Waals surface area (Å²) in [5.41, 5.74) is 2.13. The van der Waals surface area contributed by atoms with Gasteiger partial charge >= 0.3 is 0 Å². The van der Waals surface area contributed by atoms with Crippen molar-refractivity contribution in [1.82, 2.24) is 5.32 Å². The number of likely N-dealkylation sites (N-methyl/N-ethyl adjacent to an activating group) is 1. The van der Waals surface area contributed by atoms with E-state index in [4.69, 9.17) is 0 Å². The Balaban J connectivity index is 0.00000225. The predicted octanol–water partition coefficient (Wildman–Crippen LogP) is 2.22. The summed E-state index contributed by atoms with van der Waals surface area (Å²) in [7, 11) is 1.76. The number of carbonyl (C=O) groups is 1. The van der Waals surface area contributed by atoms with E-state index in [9.17, 15) is 4.79 Å². The minimum Gasteiger partial charge on any atom is -0.325 e. The molecule has 0 aromatic heterocycles. The van der Waals surface area contributed by atoms with Crippen molar-refractivity contribution in [3.8, 4) is 0 Å². The molecule has 1 aromatic rings. The van der Waals surface area contributed by atoms with E-state index in [-0.39, 0.29) is 18.3 Å². The SMILES string of the molecule is CCCc1ccccc1NC(=O)CNC.Cl. The second-order valence-corrected chi connectivity index (χ2v) is 3.49. The minimum atomic E-state index is 0. The molecule has 0 radical (unpaired) electrons. The van der Waals surface area contributed by atoms with E-state index in [1.807, 2.05) is 18.2 Å². The average molecular weight is 243 g/mol. The van der Waals surface area contributed by atoms with Crippen LogP contribution in [0.15, 0.2) is 24.3 Å². The molecule has 4 heteroatoms. The fraction of sp³-hybridized carbons (Fsp3) is 0.417. The summed E-state index contributed by atoms with van der Waals surface area (Å²) in [4.78, 5) is 11.4. The Morgan fingerprint density at radius 1 is 1.31 bits per heavy atom. The van der Waals surface area contributed by atoms with Crippen LogP contribution in [-0.2, 0) is 11.2 Å². The first-order chi connectivity index (χ1) is 7.27. The summed E-state index contributed by atoms with van der Waals surface area (Å²) >= 11 is 0. The fourth-order valence-corrected chi connectivity index (χ4v) is 1.48. The highest BCUT2D eigenvalue weighted by Crippen LogP contribution is 2.16. The van der Waals surface area contributed by atoms with Gasteiger partial charge in [-0.3, -0.25) is 4.79 Å². The van der Waals surface area contributed by atoms with Gasteiger partial charge in [0.15, 0.2) is 0 Å². The quantitative estimate of drug-likeness (QED) is 0.831. The molecule has 1 amide bonds. The van der Waals surface area contributed by atoms with Gasteiger partial charge in [-0.05, 0) is 25.1 Å². The van der Waals surface area contributed by atoms with Crippen molar-refractivity contribution in [2.45, 2.75) is 19.8 Å².